The van der Waals surface area contributed by atoms with Crippen LogP contribution in [-0.2, 0) is 4.79 Å². The molecule has 3 unspecified atom stereocenters. The summed E-state index contributed by atoms with van der Waals surface area (Å²) in [5, 5.41) is 9.32. The van der Waals surface area contributed by atoms with Crippen LogP contribution in [0.25, 0.3) is 0 Å². The molecule has 3 atom stereocenters. The molecule has 0 aromatic carbocycles. The molecule has 0 aliphatic carbocycles. The number of likely N-dealkylation sites (tertiary alicyclic amines) is 1. The number of hydrogen-bond acceptors (Lipinski definition) is 3. The molecule has 1 heterocycles. The summed E-state index contributed by atoms with van der Waals surface area (Å²) < 4.78 is 37.7. The lowest BCUT2D eigenvalue weighted by molar-refractivity contribution is -0.193. The molecule has 1 saturated heterocycles. The quantitative estimate of drug-likeness (QED) is 0.754. The maximum atomic E-state index is 12.6. The van der Waals surface area contributed by atoms with Gasteiger partial charge in [-0.05, 0) is 20.3 Å². The van der Waals surface area contributed by atoms with Crippen molar-refractivity contribution in [2.24, 2.45) is 11.7 Å². The zero-order chi connectivity index (χ0) is 13.4. The van der Waals surface area contributed by atoms with Gasteiger partial charge in [0.25, 0.3) is 5.91 Å². The van der Waals surface area contributed by atoms with E-state index in [1.54, 1.807) is 6.92 Å². The fourth-order valence-corrected chi connectivity index (χ4v) is 1.82. The van der Waals surface area contributed by atoms with Gasteiger partial charge in [0.1, 0.15) is 0 Å². The van der Waals surface area contributed by atoms with Crippen LogP contribution in [0, 0.1) is 5.92 Å². The Balaban J connectivity index is 2.73. The van der Waals surface area contributed by atoms with Crippen molar-refractivity contribution in [2.75, 3.05) is 13.1 Å². The van der Waals surface area contributed by atoms with Gasteiger partial charge in [-0.15, -0.1) is 0 Å². The summed E-state index contributed by atoms with van der Waals surface area (Å²) >= 11 is 0. The fourth-order valence-electron chi connectivity index (χ4n) is 1.82. The van der Waals surface area contributed by atoms with Gasteiger partial charge in [-0.2, -0.15) is 13.2 Å². The molecule has 1 aliphatic heterocycles. The predicted octanol–water partition coefficient (Wildman–Crippen LogP) is 0.495. The summed E-state index contributed by atoms with van der Waals surface area (Å²) in [6.07, 6.45) is -4.91. The molecule has 0 aromatic rings. The number of alkyl halides is 3. The topological polar surface area (TPSA) is 66.6 Å². The number of aliphatic hydroxyl groups is 1. The largest absolute Gasteiger partial charge is 0.415 e. The van der Waals surface area contributed by atoms with Gasteiger partial charge < -0.3 is 15.7 Å². The molecular weight excluding hydrogens is 237 g/mol. The molecular formula is C10H17F3N2O2. The summed E-state index contributed by atoms with van der Waals surface area (Å²) in [4.78, 5) is 12.8. The van der Waals surface area contributed by atoms with Gasteiger partial charge in [0, 0.05) is 19.0 Å². The van der Waals surface area contributed by atoms with Crippen LogP contribution in [-0.4, -0.2) is 46.8 Å². The lowest BCUT2D eigenvalue weighted by Crippen LogP contribution is -2.61. The van der Waals surface area contributed by atoms with Crippen LogP contribution in [0.3, 0.4) is 0 Å². The van der Waals surface area contributed by atoms with Crippen molar-refractivity contribution in [3.8, 4) is 0 Å². The number of nitrogens with two attached hydrogens (primary N) is 1. The molecule has 1 aliphatic rings. The zero-order valence-electron chi connectivity index (χ0n) is 9.79. The zero-order valence-corrected chi connectivity index (χ0v) is 9.79. The Bertz CT molecular complexity index is 302. The lowest BCUT2D eigenvalue weighted by atomic mass is 10.0. The molecule has 100 valence electrons. The third-order valence-electron chi connectivity index (χ3n) is 3.23. The Morgan fingerprint density at radius 1 is 1.53 bits per heavy atom. The Morgan fingerprint density at radius 3 is 2.41 bits per heavy atom. The number of aliphatic hydroxyl groups excluding tert-OH is 1. The van der Waals surface area contributed by atoms with Crippen LogP contribution in [0.1, 0.15) is 20.3 Å². The summed E-state index contributed by atoms with van der Waals surface area (Å²) in [5.74, 6) is -1.31. The number of carbonyl (C=O) groups is 1. The summed E-state index contributed by atoms with van der Waals surface area (Å²) in [6, 6.07) is 0. The average Bonchev–Trinajstić information content (AvgIpc) is 2.63. The first-order valence-electron chi connectivity index (χ1n) is 5.40. The van der Waals surface area contributed by atoms with Crippen LogP contribution in [0.2, 0.25) is 0 Å². The first-order valence-corrected chi connectivity index (χ1v) is 5.40. The maximum absolute atomic E-state index is 12.6. The van der Waals surface area contributed by atoms with Crippen molar-refractivity contribution in [1.29, 1.82) is 0 Å². The molecule has 4 nitrogen and oxygen atoms in total. The van der Waals surface area contributed by atoms with Crippen molar-refractivity contribution < 1.29 is 23.1 Å². The monoisotopic (exact) mass is 254 g/mol. The van der Waals surface area contributed by atoms with Crippen molar-refractivity contribution >= 4 is 5.91 Å². The Labute approximate surface area is 97.6 Å². The Hall–Kier alpha value is -0.820. The van der Waals surface area contributed by atoms with E-state index in [9.17, 15) is 23.1 Å². The molecule has 0 bridgehead atoms. The number of nitrogens with zero attached hydrogens (tertiary/aromatic N) is 1. The predicted molar refractivity (Wildman–Crippen MR) is 55.0 cm³/mol. The molecule has 7 heteroatoms. The van der Waals surface area contributed by atoms with E-state index in [1.807, 2.05) is 0 Å². The van der Waals surface area contributed by atoms with Crippen molar-refractivity contribution in [2.45, 2.75) is 38.1 Å². The third kappa shape index (κ3) is 2.71. The van der Waals surface area contributed by atoms with E-state index in [0.29, 0.717) is 13.3 Å². The van der Waals surface area contributed by atoms with Crippen LogP contribution in [0.15, 0.2) is 0 Å². The fraction of sp³-hybridized carbons (Fsp3) is 0.900. The molecule has 1 rings (SSSR count). The molecule has 3 N–H and O–H groups in total. The number of carbonyl (C=O) groups excluding carboxylic acids is 1. The lowest BCUT2D eigenvalue weighted by Gasteiger charge is -2.31. The minimum absolute atomic E-state index is 0.124. The number of halogens is 3. The molecule has 0 spiro atoms. The molecule has 17 heavy (non-hydrogen) atoms. The van der Waals surface area contributed by atoms with E-state index in [4.69, 9.17) is 5.73 Å². The van der Waals surface area contributed by atoms with Crippen LogP contribution < -0.4 is 5.73 Å². The van der Waals surface area contributed by atoms with Gasteiger partial charge in [0.2, 0.25) is 0 Å². The smallest absolute Gasteiger partial charge is 0.393 e. The molecule has 0 saturated carbocycles. The highest BCUT2D eigenvalue weighted by Crippen LogP contribution is 2.31. The van der Waals surface area contributed by atoms with Crippen molar-refractivity contribution in [3.05, 3.63) is 0 Å². The van der Waals surface area contributed by atoms with Gasteiger partial charge in [-0.25, -0.2) is 0 Å². The van der Waals surface area contributed by atoms with Crippen molar-refractivity contribution in [3.63, 3.8) is 0 Å². The second-order valence-electron chi connectivity index (χ2n) is 4.74. The van der Waals surface area contributed by atoms with E-state index < -0.39 is 23.7 Å². The number of amides is 1. The number of rotatable bonds is 2. The van der Waals surface area contributed by atoms with Gasteiger partial charge in [-0.3, -0.25) is 4.79 Å². The van der Waals surface area contributed by atoms with Crippen LogP contribution >= 0.6 is 0 Å². The summed E-state index contributed by atoms with van der Waals surface area (Å²) in [5.41, 5.74) is 2.20. The summed E-state index contributed by atoms with van der Waals surface area (Å²) in [7, 11) is 0. The number of hydrogen-bond donors (Lipinski definition) is 2. The average molecular weight is 254 g/mol. The van der Waals surface area contributed by atoms with E-state index in [1.165, 1.54) is 0 Å². The molecule has 0 aromatic heterocycles. The van der Waals surface area contributed by atoms with Crippen LogP contribution in [0.4, 0.5) is 13.2 Å². The van der Waals surface area contributed by atoms with E-state index in [2.05, 4.69) is 0 Å². The molecule has 1 fully saturated rings. The van der Waals surface area contributed by atoms with Crippen molar-refractivity contribution in [1.82, 2.24) is 4.90 Å². The second kappa shape index (κ2) is 4.45. The minimum Gasteiger partial charge on any atom is -0.393 e. The standard InChI is InChI=1S/C10H17F3N2O2/c1-6(16)7-3-4-15(5-7)8(17)9(2,14)10(11,12)13/h6-7,16H,3-5,14H2,1-2H3. The Morgan fingerprint density at radius 2 is 2.06 bits per heavy atom. The maximum Gasteiger partial charge on any atom is 0.415 e. The van der Waals surface area contributed by atoms with Gasteiger partial charge >= 0.3 is 6.18 Å². The Kier molecular flexibility index (Phi) is 3.73. The highest BCUT2D eigenvalue weighted by molar-refractivity contribution is 5.86. The van der Waals surface area contributed by atoms with Gasteiger partial charge in [-0.1, -0.05) is 0 Å². The van der Waals surface area contributed by atoms with E-state index >= 15 is 0 Å². The minimum atomic E-state index is -4.77. The first-order chi connectivity index (χ1) is 7.57. The molecule has 1 amide bonds. The second-order valence-corrected chi connectivity index (χ2v) is 4.74. The first kappa shape index (κ1) is 14.2. The molecule has 0 radical (unpaired) electrons. The summed E-state index contributed by atoms with van der Waals surface area (Å²) in [6.45, 7) is 2.56. The third-order valence-corrected chi connectivity index (χ3v) is 3.23. The highest BCUT2D eigenvalue weighted by Gasteiger charge is 2.56. The van der Waals surface area contributed by atoms with E-state index in [0.717, 1.165) is 4.90 Å². The van der Waals surface area contributed by atoms with Crippen LogP contribution in [0.5, 0.6) is 0 Å². The normalized spacial score (nSPS) is 26.8. The van der Waals surface area contributed by atoms with Gasteiger partial charge in [0.15, 0.2) is 5.54 Å². The highest BCUT2D eigenvalue weighted by atomic mass is 19.4. The van der Waals surface area contributed by atoms with E-state index in [-0.39, 0.29) is 19.0 Å². The SMILES string of the molecule is CC(O)C1CCN(C(=O)C(C)(N)C(F)(F)F)C1. The van der Waals surface area contributed by atoms with Gasteiger partial charge in [0.05, 0.1) is 6.10 Å².